The van der Waals surface area contributed by atoms with Crippen LogP contribution in [0.1, 0.15) is 24.0 Å². The van der Waals surface area contributed by atoms with E-state index in [0.29, 0.717) is 6.54 Å². The number of benzene rings is 1. The minimum Gasteiger partial charge on any atom is -0.381 e. The summed E-state index contributed by atoms with van der Waals surface area (Å²) >= 11 is 0. The maximum Gasteiger partial charge on any atom is 0.416 e. The van der Waals surface area contributed by atoms with E-state index in [4.69, 9.17) is 4.74 Å². The number of rotatable bonds is 2. The van der Waals surface area contributed by atoms with E-state index in [1.165, 1.54) is 12.1 Å². The quantitative estimate of drug-likeness (QED) is 0.664. The summed E-state index contributed by atoms with van der Waals surface area (Å²) in [7, 11) is 1.73. The number of ether oxygens (including phenoxy) is 1. The second-order valence-corrected chi connectivity index (χ2v) is 6.57. The van der Waals surface area contributed by atoms with Gasteiger partial charge in [0.25, 0.3) is 0 Å². The fourth-order valence-electron chi connectivity index (χ4n) is 3.41. The second kappa shape index (κ2) is 6.63. The number of hydrogen-bond donors (Lipinski definition) is 1. The number of alkyl halides is 3. The SMILES string of the molecule is CN=C(NCc1ccc(C(F)(F)F)cc1)N1CCC2(CCOC2)C1. The third-order valence-corrected chi connectivity index (χ3v) is 4.87. The van der Waals surface area contributed by atoms with Gasteiger partial charge in [0.05, 0.1) is 12.2 Å². The predicted molar refractivity (Wildman–Crippen MR) is 85.7 cm³/mol. The van der Waals surface area contributed by atoms with E-state index in [-0.39, 0.29) is 5.41 Å². The van der Waals surface area contributed by atoms with Crippen LogP contribution in [0.5, 0.6) is 0 Å². The Hall–Kier alpha value is -1.76. The van der Waals surface area contributed by atoms with E-state index < -0.39 is 11.7 Å². The van der Waals surface area contributed by atoms with Gasteiger partial charge in [0.2, 0.25) is 0 Å². The standard InChI is InChI=1S/C17H22F3N3O/c1-21-15(23-8-6-16(11-23)7-9-24-12-16)22-10-13-2-4-14(5-3-13)17(18,19)20/h2-5H,6-12H2,1H3,(H,21,22). The number of hydrogen-bond acceptors (Lipinski definition) is 2. The zero-order chi connectivity index (χ0) is 17.2. The van der Waals surface area contributed by atoms with Gasteiger partial charge in [-0.1, -0.05) is 12.1 Å². The third-order valence-electron chi connectivity index (χ3n) is 4.87. The third kappa shape index (κ3) is 3.66. The number of nitrogens with one attached hydrogen (secondary N) is 1. The molecule has 1 aromatic carbocycles. The van der Waals surface area contributed by atoms with Crippen molar-refractivity contribution in [2.75, 3.05) is 33.4 Å². The van der Waals surface area contributed by atoms with E-state index in [0.717, 1.165) is 62.8 Å². The number of guanidine groups is 1. The first kappa shape index (κ1) is 17.1. The van der Waals surface area contributed by atoms with E-state index >= 15 is 0 Å². The average Bonchev–Trinajstić information content (AvgIpc) is 3.18. The van der Waals surface area contributed by atoms with Gasteiger partial charge in [-0.3, -0.25) is 4.99 Å². The van der Waals surface area contributed by atoms with Crippen LogP contribution in [0.4, 0.5) is 13.2 Å². The highest BCUT2D eigenvalue weighted by molar-refractivity contribution is 5.80. The summed E-state index contributed by atoms with van der Waals surface area (Å²) < 4.78 is 43.3. The van der Waals surface area contributed by atoms with Gasteiger partial charge in [0.1, 0.15) is 0 Å². The predicted octanol–water partition coefficient (Wildman–Crippen LogP) is 2.89. The van der Waals surface area contributed by atoms with Crippen LogP contribution in [0.3, 0.4) is 0 Å². The Balaban J connectivity index is 1.57. The van der Waals surface area contributed by atoms with Crippen molar-refractivity contribution in [1.82, 2.24) is 10.2 Å². The molecule has 1 N–H and O–H groups in total. The molecule has 24 heavy (non-hydrogen) atoms. The van der Waals surface area contributed by atoms with E-state index in [9.17, 15) is 13.2 Å². The van der Waals surface area contributed by atoms with Gasteiger partial charge < -0.3 is 15.0 Å². The average molecular weight is 341 g/mol. The zero-order valence-electron chi connectivity index (χ0n) is 13.7. The van der Waals surface area contributed by atoms with Gasteiger partial charge in [0, 0.05) is 38.7 Å². The van der Waals surface area contributed by atoms with Crippen LogP contribution >= 0.6 is 0 Å². The van der Waals surface area contributed by atoms with Gasteiger partial charge >= 0.3 is 6.18 Å². The number of nitrogens with zero attached hydrogens (tertiary/aromatic N) is 2. The van der Waals surface area contributed by atoms with Gasteiger partial charge in [-0.25, -0.2) is 0 Å². The molecule has 0 aliphatic carbocycles. The Labute approximate surface area is 139 Å². The summed E-state index contributed by atoms with van der Waals surface area (Å²) in [5.74, 6) is 0.790. The van der Waals surface area contributed by atoms with Crippen LogP contribution in [0.15, 0.2) is 29.3 Å². The van der Waals surface area contributed by atoms with Gasteiger partial charge in [0.15, 0.2) is 5.96 Å². The first-order chi connectivity index (χ1) is 11.4. The molecule has 2 fully saturated rings. The smallest absolute Gasteiger partial charge is 0.381 e. The molecule has 2 aliphatic heterocycles. The molecule has 0 saturated carbocycles. The molecule has 2 heterocycles. The molecule has 1 spiro atoms. The summed E-state index contributed by atoms with van der Waals surface area (Å²) in [6, 6.07) is 5.22. The highest BCUT2D eigenvalue weighted by Gasteiger charge is 2.42. The van der Waals surface area contributed by atoms with Crippen molar-refractivity contribution >= 4 is 5.96 Å². The molecule has 1 unspecified atom stereocenters. The van der Waals surface area contributed by atoms with Crippen molar-refractivity contribution in [2.24, 2.45) is 10.4 Å². The Bertz CT molecular complexity index is 592. The van der Waals surface area contributed by atoms with Crippen LogP contribution in [0.25, 0.3) is 0 Å². The zero-order valence-corrected chi connectivity index (χ0v) is 13.7. The van der Waals surface area contributed by atoms with Crippen LogP contribution < -0.4 is 5.32 Å². The molecular formula is C17H22F3N3O. The molecule has 4 nitrogen and oxygen atoms in total. The lowest BCUT2D eigenvalue weighted by molar-refractivity contribution is -0.137. The van der Waals surface area contributed by atoms with Gasteiger partial charge in [-0.2, -0.15) is 13.2 Å². The molecule has 2 aliphatic rings. The molecule has 1 atom stereocenters. The molecule has 0 radical (unpaired) electrons. The lowest BCUT2D eigenvalue weighted by atomic mass is 9.87. The van der Waals surface area contributed by atoms with Crippen LogP contribution in [-0.2, 0) is 17.5 Å². The fraction of sp³-hybridized carbons (Fsp3) is 0.588. The Morgan fingerprint density at radius 1 is 1.29 bits per heavy atom. The molecule has 3 rings (SSSR count). The van der Waals surface area contributed by atoms with E-state index in [1.807, 2.05) is 0 Å². The van der Waals surface area contributed by atoms with Crippen LogP contribution in [-0.4, -0.2) is 44.2 Å². The van der Waals surface area contributed by atoms with Crippen molar-refractivity contribution in [1.29, 1.82) is 0 Å². The van der Waals surface area contributed by atoms with Crippen molar-refractivity contribution in [2.45, 2.75) is 25.6 Å². The topological polar surface area (TPSA) is 36.9 Å². The molecule has 0 amide bonds. The number of halogens is 3. The first-order valence-corrected chi connectivity index (χ1v) is 8.11. The monoisotopic (exact) mass is 341 g/mol. The first-order valence-electron chi connectivity index (χ1n) is 8.11. The minimum absolute atomic E-state index is 0.242. The van der Waals surface area contributed by atoms with E-state index in [2.05, 4.69) is 15.2 Å². The fourth-order valence-corrected chi connectivity index (χ4v) is 3.41. The summed E-state index contributed by atoms with van der Waals surface area (Å²) in [6.45, 7) is 3.92. The highest BCUT2D eigenvalue weighted by Crippen LogP contribution is 2.38. The molecule has 1 aromatic rings. The Morgan fingerprint density at radius 3 is 2.62 bits per heavy atom. The lowest BCUT2D eigenvalue weighted by Gasteiger charge is -2.25. The largest absolute Gasteiger partial charge is 0.416 e. The lowest BCUT2D eigenvalue weighted by Crippen LogP contribution is -2.41. The highest BCUT2D eigenvalue weighted by atomic mass is 19.4. The molecule has 132 valence electrons. The van der Waals surface area contributed by atoms with Crippen molar-refractivity contribution in [3.05, 3.63) is 35.4 Å². The maximum atomic E-state index is 12.6. The second-order valence-electron chi connectivity index (χ2n) is 6.57. The van der Waals surface area contributed by atoms with Gasteiger partial charge in [-0.05, 0) is 30.5 Å². The number of likely N-dealkylation sites (tertiary alicyclic amines) is 1. The summed E-state index contributed by atoms with van der Waals surface area (Å²) in [5.41, 5.74) is 0.409. The van der Waals surface area contributed by atoms with Crippen molar-refractivity contribution in [3.8, 4) is 0 Å². The molecule has 7 heteroatoms. The summed E-state index contributed by atoms with van der Waals surface area (Å²) in [6.07, 6.45) is -2.12. The van der Waals surface area contributed by atoms with E-state index in [1.54, 1.807) is 7.05 Å². The molecular weight excluding hydrogens is 319 g/mol. The molecule has 2 saturated heterocycles. The maximum absolute atomic E-state index is 12.6. The molecule has 0 bridgehead atoms. The Kier molecular flexibility index (Phi) is 4.71. The minimum atomic E-state index is -4.30. The number of aliphatic imine (C=N–C) groups is 1. The summed E-state index contributed by atoms with van der Waals surface area (Å²) in [5, 5.41) is 3.25. The Morgan fingerprint density at radius 2 is 2.04 bits per heavy atom. The van der Waals surface area contributed by atoms with Crippen molar-refractivity contribution in [3.63, 3.8) is 0 Å². The van der Waals surface area contributed by atoms with Crippen molar-refractivity contribution < 1.29 is 17.9 Å². The molecule has 0 aromatic heterocycles. The van der Waals surface area contributed by atoms with Crippen LogP contribution in [0.2, 0.25) is 0 Å². The van der Waals surface area contributed by atoms with Crippen LogP contribution in [0, 0.1) is 5.41 Å². The summed E-state index contributed by atoms with van der Waals surface area (Å²) in [4.78, 5) is 6.51. The van der Waals surface area contributed by atoms with Gasteiger partial charge in [-0.15, -0.1) is 0 Å². The normalized spacial score (nSPS) is 24.8.